The van der Waals surface area contributed by atoms with E-state index in [1.54, 1.807) is 0 Å². The molecule has 4 aromatic rings. The molecule has 1 fully saturated rings. The van der Waals surface area contributed by atoms with Crippen molar-refractivity contribution >= 4 is 23.6 Å². The summed E-state index contributed by atoms with van der Waals surface area (Å²) in [5.41, 5.74) is 4.56. The van der Waals surface area contributed by atoms with E-state index in [4.69, 9.17) is 0 Å². The number of carbonyl (C=O) groups is 3. The zero-order valence-electron chi connectivity index (χ0n) is 23.1. The highest BCUT2D eigenvalue weighted by Crippen LogP contribution is 2.33. The average molecular weight is 551 g/mol. The third kappa shape index (κ3) is 6.17. The molecule has 0 aliphatic carbocycles. The topological polar surface area (TPSA) is 94.9 Å². The van der Waals surface area contributed by atoms with E-state index in [1.165, 1.54) is 4.90 Å². The molecule has 1 aliphatic rings. The first-order chi connectivity index (χ1) is 20.0. The highest BCUT2D eigenvalue weighted by Gasteiger charge is 2.35. The van der Waals surface area contributed by atoms with Gasteiger partial charge in [-0.25, -0.2) is 4.79 Å². The van der Waals surface area contributed by atoms with Gasteiger partial charge in [-0.1, -0.05) is 79.7 Å². The molecule has 2 heterocycles. The Morgan fingerprint density at radius 3 is 2.27 bits per heavy atom. The molecule has 3 aromatic carbocycles. The maximum Gasteiger partial charge on any atom is 0.407 e. The second kappa shape index (κ2) is 12.6. The largest absolute Gasteiger partial charge is 0.465 e. The molecule has 5 rings (SSSR count). The number of carbonyl (C=O) groups excluding carboxylic acids is 2. The van der Waals surface area contributed by atoms with Crippen molar-refractivity contribution in [3.05, 3.63) is 108 Å². The first-order valence-electron chi connectivity index (χ1n) is 13.9. The Morgan fingerprint density at radius 2 is 1.56 bits per heavy atom. The van der Waals surface area contributed by atoms with E-state index in [1.807, 2.05) is 114 Å². The van der Waals surface area contributed by atoms with Gasteiger partial charge in [0.05, 0.1) is 28.7 Å². The van der Waals surface area contributed by atoms with E-state index in [9.17, 15) is 19.5 Å². The van der Waals surface area contributed by atoms with Crippen LogP contribution in [0.15, 0.2) is 97.2 Å². The minimum atomic E-state index is -0.979. The highest BCUT2D eigenvalue weighted by molar-refractivity contribution is 6.01. The van der Waals surface area contributed by atoms with Crippen molar-refractivity contribution in [2.24, 2.45) is 0 Å². The number of piperazine rings is 1. The van der Waals surface area contributed by atoms with Gasteiger partial charge >= 0.3 is 6.09 Å². The lowest BCUT2D eigenvalue weighted by molar-refractivity contribution is -0.116. The number of benzene rings is 3. The van der Waals surface area contributed by atoms with Crippen LogP contribution < -0.4 is 5.32 Å². The molecule has 1 unspecified atom stereocenters. The van der Waals surface area contributed by atoms with Crippen LogP contribution in [-0.2, 0) is 11.2 Å². The van der Waals surface area contributed by atoms with Gasteiger partial charge in [0.1, 0.15) is 0 Å². The first kappa shape index (κ1) is 27.7. The predicted molar refractivity (Wildman–Crippen MR) is 159 cm³/mol. The number of amides is 3. The van der Waals surface area contributed by atoms with E-state index < -0.39 is 6.09 Å². The van der Waals surface area contributed by atoms with Crippen molar-refractivity contribution in [1.82, 2.24) is 14.4 Å². The normalized spacial score (nSPS) is 15.0. The minimum absolute atomic E-state index is 0.0651. The molecule has 8 nitrogen and oxygen atoms in total. The molecular weight excluding hydrogens is 516 g/mol. The molecule has 2 N–H and O–H groups in total. The lowest BCUT2D eigenvalue weighted by atomic mass is 10.00. The molecule has 1 atom stereocenters. The standard InChI is InChI=1S/C33H34N4O4/c1-2-11-30(38)34-28-16-9-10-17-29(28)37-19-18-27(31(37)25-14-7-4-8-15-25)32(39)36-21-20-35(33(40)41)23-26(36)22-24-12-5-3-6-13-24/h3-10,12-19,26H,2,11,20-23H2,1H3,(H,34,38)(H,40,41). The van der Waals surface area contributed by atoms with Crippen molar-refractivity contribution in [3.8, 4) is 16.9 Å². The number of aromatic nitrogens is 1. The fraction of sp³-hybridized carbons (Fsp3) is 0.242. The molecule has 1 aliphatic heterocycles. The van der Waals surface area contributed by atoms with E-state index in [0.717, 1.165) is 23.2 Å². The molecule has 41 heavy (non-hydrogen) atoms. The van der Waals surface area contributed by atoms with Gasteiger partial charge in [0, 0.05) is 32.3 Å². The van der Waals surface area contributed by atoms with E-state index in [0.29, 0.717) is 36.3 Å². The Hall–Kier alpha value is -4.85. The monoisotopic (exact) mass is 550 g/mol. The van der Waals surface area contributed by atoms with Crippen LogP contribution in [0.1, 0.15) is 35.7 Å². The quantitative estimate of drug-likeness (QED) is 0.284. The molecule has 210 valence electrons. The smallest absolute Gasteiger partial charge is 0.407 e. The second-order valence-corrected chi connectivity index (χ2v) is 10.2. The number of rotatable bonds is 8. The molecule has 3 amide bonds. The summed E-state index contributed by atoms with van der Waals surface area (Å²) < 4.78 is 1.95. The first-order valence-corrected chi connectivity index (χ1v) is 13.9. The van der Waals surface area contributed by atoms with Crippen LogP contribution >= 0.6 is 0 Å². The zero-order chi connectivity index (χ0) is 28.8. The van der Waals surface area contributed by atoms with Gasteiger partial charge in [-0.2, -0.15) is 0 Å². The minimum Gasteiger partial charge on any atom is -0.465 e. The van der Waals surface area contributed by atoms with Gasteiger partial charge in [0.15, 0.2) is 0 Å². The van der Waals surface area contributed by atoms with Crippen LogP contribution in [0.5, 0.6) is 0 Å². The van der Waals surface area contributed by atoms with Crippen molar-refractivity contribution < 1.29 is 19.5 Å². The zero-order valence-corrected chi connectivity index (χ0v) is 23.1. The second-order valence-electron chi connectivity index (χ2n) is 10.2. The number of hydrogen-bond acceptors (Lipinski definition) is 3. The predicted octanol–water partition coefficient (Wildman–Crippen LogP) is 5.93. The summed E-state index contributed by atoms with van der Waals surface area (Å²) in [5, 5.41) is 12.7. The van der Waals surface area contributed by atoms with Gasteiger partial charge in [-0.15, -0.1) is 0 Å². The average Bonchev–Trinajstić information content (AvgIpc) is 3.43. The van der Waals surface area contributed by atoms with Gasteiger partial charge in [0.2, 0.25) is 5.91 Å². The van der Waals surface area contributed by atoms with E-state index in [-0.39, 0.29) is 30.9 Å². The maximum absolute atomic E-state index is 14.3. The number of para-hydroxylation sites is 2. The van der Waals surface area contributed by atoms with Gasteiger partial charge in [-0.05, 0) is 42.2 Å². The summed E-state index contributed by atoms with van der Waals surface area (Å²) in [6.07, 6.45) is 2.59. The summed E-state index contributed by atoms with van der Waals surface area (Å²) in [5.74, 6) is -0.217. The highest BCUT2D eigenvalue weighted by atomic mass is 16.4. The van der Waals surface area contributed by atoms with Crippen molar-refractivity contribution in [3.63, 3.8) is 0 Å². The third-order valence-corrected chi connectivity index (χ3v) is 7.41. The fourth-order valence-corrected chi connectivity index (χ4v) is 5.44. The van der Waals surface area contributed by atoms with Crippen LogP contribution in [-0.4, -0.2) is 63.1 Å². The molecular formula is C33H34N4O4. The van der Waals surface area contributed by atoms with Crippen LogP contribution in [0.3, 0.4) is 0 Å². The number of anilines is 1. The number of hydrogen-bond donors (Lipinski definition) is 2. The fourth-order valence-electron chi connectivity index (χ4n) is 5.44. The van der Waals surface area contributed by atoms with Crippen LogP contribution in [0, 0.1) is 0 Å². The molecule has 0 spiro atoms. The van der Waals surface area contributed by atoms with Crippen molar-refractivity contribution in [1.29, 1.82) is 0 Å². The summed E-state index contributed by atoms with van der Waals surface area (Å²) in [6, 6.07) is 28.6. The Kier molecular flexibility index (Phi) is 8.48. The van der Waals surface area contributed by atoms with Crippen LogP contribution in [0.25, 0.3) is 16.9 Å². The van der Waals surface area contributed by atoms with Crippen LogP contribution in [0.4, 0.5) is 10.5 Å². The molecule has 0 saturated carbocycles. The summed E-state index contributed by atoms with van der Waals surface area (Å²) in [4.78, 5) is 41.9. The van der Waals surface area contributed by atoms with Crippen molar-refractivity contribution in [2.45, 2.75) is 32.2 Å². The summed E-state index contributed by atoms with van der Waals surface area (Å²) in [7, 11) is 0. The third-order valence-electron chi connectivity index (χ3n) is 7.41. The van der Waals surface area contributed by atoms with E-state index in [2.05, 4.69) is 5.32 Å². The van der Waals surface area contributed by atoms with Gasteiger partial charge in [-0.3, -0.25) is 9.59 Å². The van der Waals surface area contributed by atoms with E-state index >= 15 is 0 Å². The number of nitrogens with one attached hydrogen (secondary N) is 1. The maximum atomic E-state index is 14.3. The lowest BCUT2D eigenvalue weighted by Crippen LogP contribution is -2.57. The lowest BCUT2D eigenvalue weighted by Gasteiger charge is -2.40. The molecule has 1 saturated heterocycles. The Balaban J connectivity index is 1.56. The van der Waals surface area contributed by atoms with Gasteiger partial charge < -0.3 is 24.8 Å². The van der Waals surface area contributed by atoms with Crippen molar-refractivity contribution in [2.75, 3.05) is 25.0 Å². The Bertz CT molecular complexity index is 1520. The number of carboxylic acid groups (broad SMARTS) is 1. The summed E-state index contributed by atoms with van der Waals surface area (Å²) in [6.45, 7) is 2.75. The van der Waals surface area contributed by atoms with Gasteiger partial charge in [0.25, 0.3) is 5.91 Å². The molecule has 0 bridgehead atoms. The molecule has 1 aromatic heterocycles. The Labute approximate surface area is 239 Å². The Morgan fingerprint density at radius 1 is 0.878 bits per heavy atom. The van der Waals surface area contributed by atoms with Crippen LogP contribution in [0.2, 0.25) is 0 Å². The molecule has 0 radical (unpaired) electrons. The summed E-state index contributed by atoms with van der Waals surface area (Å²) >= 11 is 0. The SMILES string of the molecule is CCCC(=O)Nc1ccccc1-n1ccc(C(=O)N2CCN(C(=O)O)CC2Cc2ccccc2)c1-c1ccccc1. The molecule has 8 heteroatoms. The number of nitrogens with zero attached hydrogens (tertiary/aromatic N) is 3.